The molecule has 0 saturated carbocycles. The largest absolute Gasteiger partial charge is 0.491 e. The van der Waals surface area contributed by atoms with Crippen molar-refractivity contribution in [3.63, 3.8) is 0 Å². The molecule has 0 aliphatic carbocycles. The fourth-order valence-electron chi connectivity index (χ4n) is 1.81. The molecule has 0 saturated heterocycles. The molecule has 1 aromatic carbocycles. The average Bonchev–Trinajstić information content (AvgIpc) is 2.48. The number of fused-ring (bicyclic) bond motifs is 1. The predicted molar refractivity (Wildman–Crippen MR) is 77.1 cm³/mol. The Morgan fingerprint density at radius 1 is 1.05 bits per heavy atom. The van der Waals surface area contributed by atoms with Gasteiger partial charge in [-0.3, -0.25) is 4.79 Å². The summed E-state index contributed by atoms with van der Waals surface area (Å²) in [5, 5.41) is 0.396. The maximum atomic E-state index is 11.9. The molecule has 7 heteroatoms. The molecule has 0 unspecified atom stereocenters. The first-order valence-electron chi connectivity index (χ1n) is 6.51. The van der Waals surface area contributed by atoms with Crippen LogP contribution in [-0.2, 0) is 9.47 Å². The number of nitrogens with zero attached hydrogens (tertiary/aromatic N) is 1. The normalized spacial score (nSPS) is 10.8. The molecule has 1 aromatic heterocycles. The fourth-order valence-corrected chi connectivity index (χ4v) is 1.81. The van der Waals surface area contributed by atoms with Crippen LogP contribution in [0.5, 0.6) is 11.5 Å². The highest BCUT2D eigenvalue weighted by Crippen LogP contribution is 2.27. The lowest BCUT2D eigenvalue weighted by Crippen LogP contribution is -2.12. The molecule has 0 aliphatic rings. The Hall–Kier alpha value is -2.12. The highest BCUT2D eigenvalue weighted by molar-refractivity contribution is 5.85. The van der Waals surface area contributed by atoms with Crippen molar-refractivity contribution in [1.29, 1.82) is 0 Å². The van der Waals surface area contributed by atoms with Gasteiger partial charge in [0.15, 0.2) is 0 Å². The minimum absolute atomic E-state index is 0.254. The smallest absolute Gasteiger partial charge is 0.262 e. The van der Waals surface area contributed by atoms with E-state index in [4.69, 9.17) is 18.9 Å². The van der Waals surface area contributed by atoms with Crippen molar-refractivity contribution in [3.8, 4) is 11.5 Å². The molecule has 0 aliphatic heterocycles. The first kappa shape index (κ1) is 15.3. The van der Waals surface area contributed by atoms with Crippen LogP contribution in [0.3, 0.4) is 0 Å². The van der Waals surface area contributed by atoms with Gasteiger partial charge in [-0.05, 0) is 0 Å². The molecule has 2 rings (SSSR count). The molecular formula is C14H18N2O5. The molecule has 0 fully saturated rings. The Balaban J connectivity index is 2.33. The molecule has 0 radical (unpaired) electrons. The van der Waals surface area contributed by atoms with Crippen molar-refractivity contribution in [3.05, 3.63) is 28.8 Å². The fraction of sp³-hybridized carbons (Fsp3) is 0.429. The van der Waals surface area contributed by atoms with Crippen LogP contribution in [0.25, 0.3) is 10.9 Å². The van der Waals surface area contributed by atoms with Crippen LogP contribution in [0.4, 0.5) is 0 Å². The van der Waals surface area contributed by atoms with E-state index in [0.717, 1.165) is 0 Å². The third kappa shape index (κ3) is 3.93. The summed E-state index contributed by atoms with van der Waals surface area (Å²) in [5.41, 5.74) is 0.261. The summed E-state index contributed by atoms with van der Waals surface area (Å²) in [6.45, 7) is 1.64. The molecule has 7 nitrogen and oxygen atoms in total. The Morgan fingerprint density at radius 3 is 2.48 bits per heavy atom. The number of rotatable bonds is 8. The minimum Gasteiger partial charge on any atom is -0.491 e. The first-order valence-corrected chi connectivity index (χ1v) is 6.51. The standard InChI is InChI=1S/C14H18N2O5/c1-18-3-5-20-10-7-11-13(14(17)16-9-15-11)12(8-10)21-6-4-19-2/h7-9H,3-6H2,1-2H3,(H,15,16,17). The highest BCUT2D eigenvalue weighted by Gasteiger charge is 2.11. The maximum absolute atomic E-state index is 11.9. The predicted octanol–water partition coefficient (Wildman–Crippen LogP) is 0.973. The maximum Gasteiger partial charge on any atom is 0.262 e. The van der Waals surface area contributed by atoms with Crippen LogP contribution in [-0.4, -0.2) is 50.6 Å². The van der Waals surface area contributed by atoms with E-state index in [1.807, 2.05) is 0 Å². The summed E-state index contributed by atoms with van der Waals surface area (Å²) in [7, 11) is 3.18. The van der Waals surface area contributed by atoms with Gasteiger partial charge in [-0.15, -0.1) is 0 Å². The number of aromatic amines is 1. The van der Waals surface area contributed by atoms with Crippen LogP contribution in [0.2, 0.25) is 0 Å². The van der Waals surface area contributed by atoms with E-state index < -0.39 is 0 Å². The van der Waals surface area contributed by atoms with Crippen LogP contribution >= 0.6 is 0 Å². The topological polar surface area (TPSA) is 82.7 Å². The van der Waals surface area contributed by atoms with Crippen LogP contribution in [0.1, 0.15) is 0 Å². The van der Waals surface area contributed by atoms with Gasteiger partial charge in [0, 0.05) is 26.4 Å². The summed E-state index contributed by atoms with van der Waals surface area (Å²) < 4.78 is 21.0. The summed E-state index contributed by atoms with van der Waals surface area (Å²) >= 11 is 0. The molecule has 0 atom stereocenters. The molecular weight excluding hydrogens is 276 g/mol. The minimum atomic E-state index is -0.254. The molecule has 1 N–H and O–H groups in total. The third-order valence-corrected chi connectivity index (χ3v) is 2.78. The van der Waals surface area contributed by atoms with E-state index in [9.17, 15) is 4.79 Å². The third-order valence-electron chi connectivity index (χ3n) is 2.78. The van der Waals surface area contributed by atoms with Gasteiger partial charge >= 0.3 is 0 Å². The number of nitrogens with one attached hydrogen (secondary N) is 1. The number of hydrogen-bond donors (Lipinski definition) is 1. The van der Waals surface area contributed by atoms with Crippen molar-refractivity contribution < 1.29 is 18.9 Å². The Morgan fingerprint density at radius 2 is 1.76 bits per heavy atom. The second-order valence-electron chi connectivity index (χ2n) is 4.23. The number of methoxy groups -OCH3 is 2. The molecule has 114 valence electrons. The first-order chi connectivity index (χ1) is 10.3. The lowest BCUT2D eigenvalue weighted by molar-refractivity contribution is 0.143. The summed E-state index contributed by atoms with van der Waals surface area (Å²) in [6, 6.07) is 3.37. The van der Waals surface area contributed by atoms with Gasteiger partial charge in [0.1, 0.15) is 30.1 Å². The molecule has 0 amide bonds. The quantitative estimate of drug-likeness (QED) is 0.731. The summed E-state index contributed by atoms with van der Waals surface area (Å²) in [6.07, 6.45) is 1.35. The van der Waals surface area contributed by atoms with Crippen molar-refractivity contribution in [2.75, 3.05) is 40.6 Å². The van der Waals surface area contributed by atoms with Gasteiger partial charge in [-0.1, -0.05) is 0 Å². The highest BCUT2D eigenvalue weighted by atomic mass is 16.5. The van der Waals surface area contributed by atoms with Crippen molar-refractivity contribution in [1.82, 2.24) is 9.97 Å². The Labute approximate surface area is 121 Å². The zero-order valence-corrected chi connectivity index (χ0v) is 12.0. The van der Waals surface area contributed by atoms with Gasteiger partial charge < -0.3 is 23.9 Å². The van der Waals surface area contributed by atoms with E-state index in [2.05, 4.69) is 9.97 Å². The molecule has 21 heavy (non-hydrogen) atoms. The van der Waals surface area contributed by atoms with Gasteiger partial charge in [0.25, 0.3) is 5.56 Å². The lowest BCUT2D eigenvalue weighted by atomic mass is 10.2. The number of aromatic nitrogens is 2. The monoisotopic (exact) mass is 294 g/mol. The molecule has 1 heterocycles. The van der Waals surface area contributed by atoms with E-state index in [1.54, 1.807) is 26.4 Å². The average molecular weight is 294 g/mol. The molecule has 2 aromatic rings. The second kappa shape index (κ2) is 7.61. The second-order valence-corrected chi connectivity index (χ2v) is 4.23. The van der Waals surface area contributed by atoms with E-state index in [-0.39, 0.29) is 5.56 Å². The van der Waals surface area contributed by atoms with Crippen LogP contribution < -0.4 is 15.0 Å². The number of hydrogen-bond acceptors (Lipinski definition) is 6. The summed E-state index contributed by atoms with van der Waals surface area (Å²) in [4.78, 5) is 18.6. The van der Waals surface area contributed by atoms with Crippen LogP contribution in [0, 0.1) is 0 Å². The van der Waals surface area contributed by atoms with Gasteiger partial charge in [0.2, 0.25) is 0 Å². The number of H-pyrrole nitrogens is 1. The summed E-state index contributed by atoms with van der Waals surface area (Å²) in [5.74, 6) is 0.997. The van der Waals surface area contributed by atoms with Gasteiger partial charge in [-0.2, -0.15) is 0 Å². The van der Waals surface area contributed by atoms with E-state index in [0.29, 0.717) is 48.8 Å². The van der Waals surface area contributed by atoms with Gasteiger partial charge in [-0.25, -0.2) is 4.98 Å². The van der Waals surface area contributed by atoms with Crippen LogP contribution in [0.15, 0.2) is 23.3 Å². The Bertz CT molecular complexity index is 641. The van der Waals surface area contributed by atoms with E-state index >= 15 is 0 Å². The van der Waals surface area contributed by atoms with E-state index in [1.165, 1.54) is 6.33 Å². The zero-order valence-electron chi connectivity index (χ0n) is 12.0. The van der Waals surface area contributed by atoms with Crippen molar-refractivity contribution in [2.24, 2.45) is 0 Å². The lowest BCUT2D eigenvalue weighted by Gasteiger charge is -2.11. The molecule has 0 bridgehead atoms. The molecule has 0 spiro atoms. The van der Waals surface area contributed by atoms with Crippen molar-refractivity contribution >= 4 is 10.9 Å². The number of ether oxygens (including phenoxy) is 4. The van der Waals surface area contributed by atoms with Crippen molar-refractivity contribution in [2.45, 2.75) is 0 Å². The number of benzene rings is 1. The Kier molecular flexibility index (Phi) is 5.53. The zero-order chi connectivity index (χ0) is 15.1. The SMILES string of the molecule is COCCOc1cc(OCCOC)c2c(=O)[nH]cnc2c1. The van der Waals surface area contributed by atoms with Gasteiger partial charge in [0.05, 0.1) is 25.1 Å².